The number of carbonyl (C=O) groups is 2. The van der Waals surface area contributed by atoms with E-state index in [1.807, 2.05) is 89.3 Å². The van der Waals surface area contributed by atoms with E-state index >= 15 is 0 Å². The van der Waals surface area contributed by atoms with Gasteiger partial charge in [-0.1, -0.05) is 48.5 Å². The van der Waals surface area contributed by atoms with Gasteiger partial charge in [-0.3, -0.25) is 9.59 Å². The molecule has 7 heteroatoms. The SMILES string of the molecule is COc1ccc(OC)c2c1cc(C(=O)NC[C@@H](CN1Cc3ccccc3C1=O)c1ccccc1)n2C. The number of benzene rings is 3. The van der Waals surface area contributed by atoms with Crippen molar-refractivity contribution >= 4 is 22.7 Å². The largest absolute Gasteiger partial charge is 0.496 e. The van der Waals surface area contributed by atoms with Crippen LogP contribution in [0.4, 0.5) is 0 Å². The molecule has 2 amide bonds. The van der Waals surface area contributed by atoms with Crippen molar-refractivity contribution in [1.82, 2.24) is 14.8 Å². The summed E-state index contributed by atoms with van der Waals surface area (Å²) in [5, 5.41) is 3.91. The summed E-state index contributed by atoms with van der Waals surface area (Å²) in [5.41, 5.74) is 4.16. The predicted molar refractivity (Wildman–Crippen MR) is 139 cm³/mol. The first kappa shape index (κ1) is 23.5. The van der Waals surface area contributed by atoms with Crippen LogP contribution < -0.4 is 14.8 Å². The Morgan fingerprint density at radius 2 is 1.67 bits per heavy atom. The van der Waals surface area contributed by atoms with Crippen LogP contribution in [0.25, 0.3) is 10.9 Å². The van der Waals surface area contributed by atoms with E-state index in [0.717, 1.165) is 27.6 Å². The van der Waals surface area contributed by atoms with E-state index in [9.17, 15) is 9.59 Å². The second-order valence-electron chi connectivity index (χ2n) is 8.98. The molecule has 0 fully saturated rings. The van der Waals surface area contributed by atoms with E-state index < -0.39 is 0 Å². The molecular formula is C29H29N3O4. The molecule has 0 saturated heterocycles. The molecule has 0 radical (unpaired) electrons. The van der Waals surface area contributed by atoms with Crippen molar-refractivity contribution in [1.29, 1.82) is 0 Å². The van der Waals surface area contributed by atoms with Crippen molar-refractivity contribution in [3.8, 4) is 11.5 Å². The number of aryl methyl sites for hydroxylation is 1. The number of rotatable bonds is 8. The average molecular weight is 484 g/mol. The number of fused-ring (bicyclic) bond motifs is 2. The van der Waals surface area contributed by atoms with Gasteiger partial charge >= 0.3 is 0 Å². The Kier molecular flexibility index (Phi) is 6.38. The molecule has 1 N–H and O–H groups in total. The lowest BCUT2D eigenvalue weighted by Gasteiger charge is -2.24. The maximum atomic E-state index is 13.4. The third kappa shape index (κ3) is 4.17. The molecule has 36 heavy (non-hydrogen) atoms. The lowest BCUT2D eigenvalue weighted by Crippen LogP contribution is -2.36. The van der Waals surface area contributed by atoms with Gasteiger partial charge in [0.05, 0.1) is 19.7 Å². The highest BCUT2D eigenvalue weighted by Crippen LogP contribution is 2.35. The van der Waals surface area contributed by atoms with Gasteiger partial charge in [0.15, 0.2) is 0 Å². The van der Waals surface area contributed by atoms with Crippen LogP contribution in [0.15, 0.2) is 72.8 Å². The van der Waals surface area contributed by atoms with Crippen molar-refractivity contribution in [3.05, 3.63) is 95.2 Å². The van der Waals surface area contributed by atoms with Crippen LogP contribution in [-0.4, -0.2) is 48.6 Å². The van der Waals surface area contributed by atoms with Crippen LogP contribution in [0.2, 0.25) is 0 Å². The second-order valence-corrected chi connectivity index (χ2v) is 8.98. The number of hydrogen-bond donors (Lipinski definition) is 1. The molecule has 7 nitrogen and oxygen atoms in total. The van der Waals surface area contributed by atoms with Crippen LogP contribution in [0.1, 0.15) is 37.9 Å². The van der Waals surface area contributed by atoms with Crippen molar-refractivity contribution in [2.24, 2.45) is 7.05 Å². The number of methoxy groups -OCH3 is 2. The van der Waals surface area contributed by atoms with Crippen LogP contribution in [0, 0.1) is 0 Å². The Hall–Kier alpha value is -4.26. The summed E-state index contributed by atoms with van der Waals surface area (Å²) in [6.45, 7) is 1.47. The minimum atomic E-state index is -0.199. The van der Waals surface area contributed by atoms with Crippen LogP contribution in [0.3, 0.4) is 0 Å². The van der Waals surface area contributed by atoms with Crippen molar-refractivity contribution < 1.29 is 19.1 Å². The monoisotopic (exact) mass is 483 g/mol. The van der Waals surface area contributed by atoms with Gasteiger partial charge in [-0.2, -0.15) is 0 Å². The fourth-order valence-electron chi connectivity index (χ4n) is 5.02. The molecule has 1 atom stereocenters. The summed E-state index contributed by atoms with van der Waals surface area (Å²) >= 11 is 0. The minimum absolute atomic E-state index is 0.0331. The number of ether oxygens (including phenoxy) is 2. The van der Waals surface area contributed by atoms with Crippen LogP contribution in [-0.2, 0) is 13.6 Å². The minimum Gasteiger partial charge on any atom is -0.496 e. The normalized spacial score (nSPS) is 13.5. The van der Waals surface area contributed by atoms with Crippen molar-refractivity contribution in [3.63, 3.8) is 0 Å². The number of hydrogen-bond acceptors (Lipinski definition) is 4. The molecule has 4 aromatic rings. The smallest absolute Gasteiger partial charge is 0.267 e. The van der Waals surface area contributed by atoms with E-state index in [4.69, 9.17) is 9.47 Å². The van der Waals surface area contributed by atoms with E-state index in [0.29, 0.717) is 36.8 Å². The molecule has 1 aliphatic rings. The number of carbonyl (C=O) groups excluding carboxylic acids is 2. The first-order valence-electron chi connectivity index (χ1n) is 11.9. The second kappa shape index (κ2) is 9.77. The summed E-state index contributed by atoms with van der Waals surface area (Å²) in [5.74, 6) is 1.11. The highest BCUT2D eigenvalue weighted by atomic mass is 16.5. The van der Waals surface area contributed by atoms with Gasteiger partial charge in [-0.25, -0.2) is 0 Å². The van der Waals surface area contributed by atoms with Gasteiger partial charge in [0, 0.05) is 43.5 Å². The molecule has 5 rings (SSSR count). The van der Waals surface area contributed by atoms with E-state index in [1.54, 1.807) is 14.2 Å². The van der Waals surface area contributed by atoms with Crippen LogP contribution in [0.5, 0.6) is 11.5 Å². The first-order valence-corrected chi connectivity index (χ1v) is 11.9. The highest BCUT2D eigenvalue weighted by Gasteiger charge is 2.29. The molecule has 184 valence electrons. The van der Waals surface area contributed by atoms with Crippen molar-refractivity contribution in [2.75, 3.05) is 27.3 Å². The maximum Gasteiger partial charge on any atom is 0.267 e. The predicted octanol–water partition coefficient (Wildman–Crippen LogP) is 4.37. The zero-order chi connectivity index (χ0) is 25.2. The number of nitrogens with zero attached hydrogens (tertiary/aromatic N) is 2. The Labute approximate surface area is 210 Å². The molecule has 0 aliphatic carbocycles. The Bertz CT molecular complexity index is 1430. The zero-order valence-electron chi connectivity index (χ0n) is 20.7. The molecule has 0 unspecified atom stereocenters. The van der Waals surface area contributed by atoms with Gasteiger partial charge in [-0.05, 0) is 35.4 Å². The molecule has 0 spiro atoms. The van der Waals surface area contributed by atoms with Gasteiger partial charge in [0.25, 0.3) is 11.8 Å². The topological polar surface area (TPSA) is 72.8 Å². The Morgan fingerprint density at radius 3 is 2.39 bits per heavy atom. The summed E-state index contributed by atoms with van der Waals surface area (Å²) < 4.78 is 12.9. The molecule has 0 bridgehead atoms. The van der Waals surface area contributed by atoms with Gasteiger partial charge in [0.2, 0.25) is 0 Å². The molecule has 1 aliphatic heterocycles. The van der Waals surface area contributed by atoms with E-state index in [1.165, 1.54) is 0 Å². The first-order chi connectivity index (χ1) is 17.5. The van der Waals surface area contributed by atoms with Crippen molar-refractivity contribution in [2.45, 2.75) is 12.5 Å². The summed E-state index contributed by atoms with van der Waals surface area (Å²) in [6.07, 6.45) is 0. The maximum absolute atomic E-state index is 13.4. The van der Waals surface area contributed by atoms with Gasteiger partial charge < -0.3 is 24.3 Å². The Balaban J connectivity index is 1.38. The number of nitrogens with one attached hydrogen (secondary N) is 1. The Morgan fingerprint density at radius 1 is 0.972 bits per heavy atom. The molecule has 2 heterocycles. The fraction of sp³-hybridized carbons (Fsp3) is 0.241. The molecule has 3 aromatic carbocycles. The lowest BCUT2D eigenvalue weighted by atomic mass is 9.98. The van der Waals surface area contributed by atoms with E-state index in [2.05, 4.69) is 5.32 Å². The van der Waals surface area contributed by atoms with Gasteiger partial charge in [-0.15, -0.1) is 0 Å². The molecule has 1 aromatic heterocycles. The number of aromatic nitrogens is 1. The standard InChI is InChI=1S/C29H29N3O4/c1-31-24(15-23-25(35-2)13-14-26(36-3)27(23)31)28(33)30-16-21(19-9-5-4-6-10-19)18-32-17-20-11-7-8-12-22(20)29(32)34/h4-15,21H,16-18H2,1-3H3,(H,30,33)/t21-/m0/s1. The highest BCUT2D eigenvalue weighted by molar-refractivity contribution is 6.02. The third-order valence-corrected chi connectivity index (χ3v) is 6.91. The van der Waals surface area contributed by atoms with Gasteiger partial charge in [0.1, 0.15) is 17.2 Å². The summed E-state index contributed by atoms with van der Waals surface area (Å²) in [7, 11) is 5.06. The summed E-state index contributed by atoms with van der Waals surface area (Å²) in [6, 6.07) is 23.2. The number of amides is 2. The molecule has 0 saturated carbocycles. The van der Waals surface area contributed by atoms with E-state index in [-0.39, 0.29) is 17.7 Å². The summed E-state index contributed by atoms with van der Waals surface area (Å²) in [4.78, 5) is 28.2. The third-order valence-electron chi connectivity index (χ3n) is 6.91. The quantitative estimate of drug-likeness (QED) is 0.404. The zero-order valence-corrected chi connectivity index (χ0v) is 20.7. The molecular weight excluding hydrogens is 454 g/mol. The lowest BCUT2D eigenvalue weighted by molar-refractivity contribution is 0.0767. The van der Waals surface area contributed by atoms with Crippen LogP contribution >= 0.6 is 0 Å². The fourth-order valence-corrected chi connectivity index (χ4v) is 5.02. The average Bonchev–Trinajstić information content (AvgIpc) is 3.43.